The van der Waals surface area contributed by atoms with Gasteiger partial charge in [-0.25, -0.2) is 4.79 Å². The minimum absolute atomic E-state index is 0.0271. The Morgan fingerprint density at radius 2 is 1.79 bits per heavy atom. The average Bonchev–Trinajstić information content (AvgIpc) is 3.21. The fourth-order valence-corrected chi connectivity index (χ4v) is 4.41. The molecule has 3 rings (SSSR count). The van der Waals surface area contributed by atoms with E-state index in [4.69, 9.17) is 4.74 Å². The molecule has 1 saturated heterocycles. The van der Waals surface area contributed by atoms with Crippen LogP contribution in [0, 0.1) is 20.8 Å². The second-order valence-corrected chi connectivity index (χ2v) is 8.91. The number of aromatic amines is 1. The Morgan fingerprint density at radius 1 is 1.15 bits per heavy atom. The normalized spacial score (nSPS) is 17.6. The zero-order chi connectivity index (χ0) is 25.2. The number of aromatic nitrogens is 1. The first-order valence-electron chi connectivity index (χ1n) is 11.4. The molecular weight excluding hydrogens is 434 g/mol. The number of H-pyrrole nitrogens is 1. The van der Waals surface area contributed by atoms with Gasteiger partial charge in [0.2, 0.25) is 0 Å². The van der Waals surface area contributed by atoms with Gasteiger partial charge in [0, 0.05) is 17.8 Å². The molecule has 8 heteroatoms. The van der Waals surface area contributed by atoms with Crippen LogP contribution in [0.25, 0.3) is 5.76 Å². The highest BCUT2D eigenvalue weighted by atomic mass is 16.5. The number of amides is 1. The number of carbonyl (C=O) groups is 3. The lowest BCUT2D eigenvalue weighted by atomic mass is 9.93. The van der Waals surface area contributed by atoms with Gasteiger partial charge in [-0.15, -0.1) is 0 Å². The average molecular weight is 468 g/mol. The highest BCUT2D eigenvalue weighted by molar-refractivity contribution is 6.46. The van der Waals surface area contributed by atoms with Crippen molar-refractivity contribution in [2.24, 2.45) is 0 Å². The molecule has 1 amide bonds. The zero-order valence-corrected chi connectivity index (χ0v) is 20.7. The van der Waals surface area contributed by atoms with Crippen LogP contribution >= 0.6 is 0 Å². The minimum atomic E-state index is -0.731. The van der Waals surface area contributed by atoms with E-state index in [1.807, 2.05) is 50.2 Å². The number of carbonyl (C=O) groups excluding carboxylic acids is 3. The maximum absolute atomic E-state index is 13.2. The van der Waals surface area contributed by atoms with Gasteiger partial charge in [0.05, 0.1) is 18.2 Å². The van der Waals surface area contributed by atoms with Crippen molar-refractivity contribution in [3.8, 4) is 0 Å². The molecule has 1 aliphatic rings. The summed E-state index contributed by atoms with van der Waals surface area (Å²) in [4.78, 5) is 45.2. The van der Waals surface area contributed by atoms with Crippen molar-refractivity contribution < 1.29 is 24.2 Å². The maximum Gasteiger partial charge on any atom is 0.355 e. The van der Waals surface area contributed by atoms with Gasteiger partial charge in [0.25, 0.3) is 11.7 Å². The monoisotopic (exact) mass is 467 g/mol. The second-order valence-electron chi connectivity index (χ2n) is 8.91. The van der Waals surface area contributed by atoms with Crippen LogP contribution in [0.5, 0.6) is 0 Å². The van der Waals surface area contributed by atoms with E-state index in [0.29, 0.717) is 29.8 Å². The molecule has 1 aromatic heterocycles. The van der Waals surface area contributed by atoms with E-state index in [2.05, 4.69) is 4.98 Å². The molecule has 0 radical (unpaired) electrons. The number of likely N-dealkylation sites (tertiary alicyclic amines) is 1. The molecule has 182 valence electrons. The fraction of sp³-hybridized carbons (Fsp3) is 0.423. The minimum Gasteiger partial charge on any atom is -0.507 e. The smallest absolute Gasteiger partial charge is 0.355 e. The first kappa shape index (κ1) is 25.2. The van der Waals surface area contributed by atoms with Crippen molar-refractivity contribution in [3.63, 3.8) is 0 Å². The summed E-state index contributed by atoms with van der Waals surface area (Å²) in [6.07, 6.45) is 0.678. The standard InChI is InChI=1S/C26H33N3O5/c1-7-34-26(33)21-16(3)19(17(4)27-21)23(30)20-22(18-11-9-15(2)10-12-18)29(25(32)24(20)31)14-8-13-28(5)6/h9-12,22,27,30H,7-8,13-14H2,1-6H3/b23-20+. The number of aliphatic hydroxyl groups is 1. The van der Waals surface area contributed by atoms with Crippen molar-refractivity contribution in [3.05, 3.63) is 63.5 Å². The first-order chi connectivity index (χ1) is 16.1. The molecule has 1 aliphatic heterocycles. The number of aliphatic hydroxyl groups excluding tert-OH is 1. The van der Waals surface area contributed by atoms with E-state index < -0.39 is 23.7 Å². The van der Waals surface area contributed by atoms with E-state index in [1.54, 1.807) is 20.8 Å². The molecule has 0 saturated carbocycles. The number of benzene rings is 1. The predicted molar refractivity (Wildman–Crippen MR) is 130 cm³/mol. The van der Waals surface area contributed by atoms with Gasteiger partial charge < -0.3 is 24.6 Å². The van der Waals surface area contributed by atoms with Gasteiger partial charge in [-0.05, 0) is 65.9 Å². The van der Waals surface area contributed by atoms with E-state index in [-0.39, 0.29) is 23.6 Å². The number of Topliss-reactive ketones (excluding diaryl/α,β-unsaturated/α-hetero) is 1. The molecule has 1 aromatic carbocycles. The number of ketones is 1. The Balaban J connectivity index is 2.15. The molecule has 0 bridgehead atoms. The Labute approximate surface area is 200 Å². The molecule has 1 atom stereocenters. The molecule has 2 heterocycles. The van der Waals surface area contributed by atoms with E-state index >= 15 is 0 Å². The van der Waals surface area contributed by atoms with Crippen LogP contribution in [0.2, 0.25) is 0 Å². The third kappa shape index (κ3) is 4.77. The summed E-state index contributed by atoms with van der Waals surface area (Å²) in [7, 11) is 3.90. The van der Waals surface area contributed by atoms with Gasteiger partial charge in [0.15, 0.2) is 0 Å². The summed E-state index contributed by atoms with van der Waals surface area (Å²) in [5, 5.41) is 11.4. The molecule has 1 unspecified atom stereocenters. The largest absolute Gasteiger partial charge is 0.507 e. The van der Waals surface area contributed by atoms with Crippen LogP contribution in [0.15, 0.2) is 29.8 Å². The summed E-state index contributed by atoms with van der Waals surface area (Å²) in [5.74, 6) is -2.20. The molecule has 0 aliphatic carbocycles. The van der Waals surface area contributed by atoms with Gasteiger partial charge in [-0.2, -0.15) is 0 Å². The summed E-state index contributed by atoms with van der Waals surface area (Å²) in [6, 6.07) is 6.86. The van der Waals surface area contributed by atoms with Crippen LogP contribution < -0.4 is 0 Å². The Bertz CT molecular complexity index is 1130. The number of rotatable bonds is 8. The van der Waals surface area contributed by atoms with Crippen molar-refractivity contribution in [1.82, 2.24) is 14.8 Å². The quantitative estimate of drug-likeness (QED) is 0.267. The molecule has 2 aromatic rings. The van der Waals surface area contributed by atoms with E-state index in [0.717, 1.165) is 17.7 Å². The first-order valence-corrected chi connectivity index (χ1v) is 11.4. The van der Waals surface area contributed by atoms with Gasteiger partial charge >= 0.3 is 5.97 Å². The molecular formula is C26H33N3O5. The lowest BCUT2D eigenvalue weighted by molar-refractivity contribution is -0.139. The summed E-state index contributed by atoms with van der Waals surface area (Å²) in [5.41, 5.74) is 3.35. The van der Waals surface area contributed by atoms with Crippen LogP contribution in [0.3, 0.4) is 0 Å². The number of aryl methyl sites for hydroxylation is 2. The van der Waals surface area contributed by atoms with Crippen molar-refractivity contribution in [2.45, 2.75) is 40.2 Å². The molecule has 8 nitrogen and oxygen atoms in total. The van der Waals surface area contributed by atoms with E-state index in [9.17, 15) is 19.5 Å². The van der Waals surface area contributed by atoms with E-state index in [1.165, 1.54) is 4.90 Å². The Hall–Kier alpha value is -3.39. The summed E-state index contributed by atoms with van der Waals surface area (Å²) < 4.78 is 5.10. The van der Waals surface area contributed by atoms with Crippen molar-refractivity contribution >= 4 is 23.4 Å². The lowest BCUT2D eigenvalue weighted by Crippen LogP contribution is -2.32. The van der Waals surface area contributed by atoms with Gasteiger partial charge in [-0.3, -0.25) is 9.59 Å². The highest BCUT2D eigenvalue weighted by Gasteiger charge is 2.46. The highest BCUT2D eigenvalue weighted by Crippen LogP contribution is 2.41. The molecule has 2 N–H and O–H groups in total. The Kier molecular flexibility index (Phi) is 7.61. The number of esters is 1. The molecule has 0 spiro atoms. The van der Waals surface area contributed by atoms with Crippen molar-refractivity contribution in [2.75, 3.05) is 33.8 Å². The SMILES string of the molecule is CCOC(=O)c1[nH]c(C)c(/C(O)=C2\C(=O)C(=O)N(CCCN(C)C)C2c2ccc(C)cc2)c1C. The molecule has 1 fully saturated rings. The topological polar surface area (TPSA) is 103 Å². The third-order valence-corrected chi connectivity index (χ3v) is 6.09. The Morgan fingerprint density at radius 3 is 2.38 bits per heavy atom. The summed E-state index contributed by atoms with van der Waals surface area (Å²) in [6.45, 7) is 8.39. The number of ether oxygens (including phenoxy) is 1. The predicted octanol–water partition coefficient (Wildman–Crippen LogP) is 3.49. The second kappa shape index (κ2) is 10.3. The van der Waals surface area contributed by atoms with Gasteiger partial charge in [-0.1, -0.05) is 29.8 Å². The fourth-order valence-electron chi connectivity index (χ4n) is 4.41. The van der Waals surface area contributed by atoms with Gasteiger partial charge in [0.1, 0.15) is 11.5 Å². The van der Waals surface area contributed by atoms with Crippen LogP contribution in [0.4, 0.5) is 0 Å². The van der Waals surface area contributed by atoms with Crippen LogP contribution in [-0.4, -0.2) is 71.3 Å². The maximum atomic E-state index is 13.2. The third-order valence-electron chi connectivity index (χ3n) is 6.09. The summed E-state index contributed by atoms with van der Waals surface area (Å²) >= 11 is 0. The van der Waals surface area contributed by atoms with Crippen molar-refractivity contribution in [1.29, 1.82) is 0 Å². The lowest BCUT2D eigenvalue weighted by Gasteiger charge is -2.26. The van der Waals surface area contributed by atoms with Crippen LogP contribution in [0.1, 0.15) is 57.8 Å². The number of nitrogens with zero attached hydrogens (tertiary/aromatic N) is 2. The number of nitrogens with one attached hydrogen (secondary N) is 1. The zero-order valence-electron chi connectivity index (χ0n) is 20.7. The number of hydrogen-bond acceptors (Lipinski definition) is 6. The number of hydrogen-bond donors (Lipinski definition) is 2. The molecule has 34 heavy (non-hydrogen) atoms. The van der Waals surface area contributed by atoms with Crippen LogP contribution in [-0.2, 0) is 14.3 Å².